The number of pyridine rings is 1. The van der Waals surface area contributed by atoms with Crippen molar-refractivity contribution in [3.8, 4) is 6.07 Å². The third-order valence-electron chi connectivity index (χ3n) is 2.88. The maximum atomic E-state index is 9.18. The fourth-order valence-electron chi connectivity index (χ4n) is 1.82. The molecule has 3 heteroatoms. The van der Waals surface area contributed by atoms with Gasteiger partial charge in [-0.05, 0) is 29.7 Å². The molecular formula is C14H15N3. The minimum absolute atomic E-state index is 0.454. The molecule has 0 amide bonds. The van der Waals surface area contributed by atoms with Crippen LogP contribution in [0.2, 0.25) is 0 Å². The molecule has 1 aromatic carbocycles. The van der Waals surface area contributed by atoms with Crippen LogP contribution in [0.25, 0.3) is 10.9 Å². The van der Waals surface area contributed by atoms with Gasteiger partial charge in [-0.3, -0.25) is 0 Å². The van der Waals surface area contributed by atoms with E-state index in [2.05, 4.69) is 42.4 Å². The Kier molecular flexibility index (Phi) is 2.97. The highest BCUT2D eigenvalue weighted by atomic mass is 15.0. The number of aromatic nitrogens is 1. The van der Waals surface area contributed by atoms with Gasteiger partial charge >= 0.3 is 0 Å². The van der Waals surface area contributed by atoms with Gasteiger partial charge in [-0.2, -0.15) is 5.26 Å². The average Bonchev–Trinajstić information content (AvgIpc) is 2.36. The Morgan fingerprint density at radius 1 is 1.29 bits per heavy atom. The van der Waals surface area contributed by atoms with Gasteiger partial charge in [-0.25, -0.2) is 4.98 Å². The van der Waals surface area contributed by atoms with Crippen LogP contribution in [0.5, 0.6) is 0 Å². The van der Waals surface area contributed by atoms with E-state index in [0.29, 0.717) is 11.5 Å². The minimum atomic E-state index is 0.454. The maximum absolute atomic E-state index is 9.18. The summed E-state index contributed by atoms with van der Waals surface area (Å²) in [5, 5.41) is 13.1. The fraction of sp³-hybridized carbons (Fsp3) is 0.286. The lowest BCUT2D eigenvalue weighted by Gasteiger charge is -2.09. The summed E-state index contributed by atoms with van der Waals surface area (Å²) < 4.78 is 0. The van der Waals surface area contributed by atoms with Crippen molar-refractivity contribution in [2.45, 2.75) is 19.8 Å². The molecule has 0 aliphatic carbocycles. The van der Waals surface area contributed by atoms with Crippen molar-refractivity contribution in [1.29, 1.82) is 5.26 Å². The summed E-state index contributed by atoms with van der Waals surface area (Å²) in [6.07, 6.45) is 0. The zero-order valence-electron chi connectivity index (χ0n) is 10.3. The SMILES string of the molecule is CNc1cc(C#N)c2cc(C(C)C)ccc2n1. The molecule has 0 spiro atoms. The van der Waals surface area contributed by atoms with Gasteiger partial charge in [0.05, 0.1) is 17.1 Å². The quantitative estimate of drug-likeness (QED) is 0.853. The van der Waals surface area contributed by atoms with Gasteiger partial charge in [0.2, 0.25) is 0 Å². The van der Waals surface area contributed by atoms with Crippen LogP contribution in [0.3, 0.4) is 0 Å². The van der Waals surface area contributed by atoms with Gasteiger partial charge in [-0.1, -0.05) is 19.9 Å². The third kappa shape index (κ3) is 2.07. The van der Waals surface area contributed by atoms with Crippen LogP contribution in [0, 0.1) is 11.3 Å². The van der Waals surface area contributed by atoms with Gasteiger partial charge in [0.15, 0.2) is 0 Å². The number of rotatable bonds is 2. The van der Waals surface area contributed by atoms with Crippen LogP contribution >= 0.6 is 0 Å². The summed E-state index contributed by atoms with van der Waals surface area (Å²) in [7, 11) is 1.80. The molecule has 86 valence electrons. The van der Waals surface area contributed by atoms with Crippen LogP contribution in [0.1, 0.15) is 30.9 Å². The number of nitrogens with one attached hydrogen (secondary N) is 1. The lowest BCUT2D eigenvalue weighted by atomic mass is 9.99. The molecule has 17 heavy (non-hydrogen) atoms. The Morgan fingerprint density at radius 3 is 2.65 bits per heavy atom. The highest BCUT2D eigenvalue weighted by molar-refractivity contribution is 5.87. The summed E-state index contributed by atoms with van der Waals surface area (Å²) in [4.78, 5) is 4.44. The van der Waals surface area contributed by atoms with Crippen LogP contribution in [0.15, 0.2) is 24.3 Å². The molecular weight excluding hydrogens is 210 g/mol. The highest BCUT2D eigenvalue weighted by Crippen LogP contribution is 2.24. The molecule has 0 fully saturated rings. The molecule has 0 bridgehead atoms. The van der Waals surface area contributed by atoms with E-state index in [1.165, 1.54) is 5.56 Å². The Balaban J connectivity index is 2.73. The second kappa shape index (κ2) is 4.42. The predicted octanol–water partition coefficient (Wildman–Crippen LogP) is 3.27. The van der Waals surface area contributed by atoms with Crippen molar-refractivity contribution in [2.24, 2.45) is 0 Å². The monoisotopic (exact) mass is 225 g/mol. The number of nitriles is 1. The van der Waals surface area contributed by atoms with Gasteiger partial charge < -0.3 is 5.32 Å². The fourth-order valence-corrected chi connectivity index (χ4v) is 1.82. The molecule has 0 aliphatic heterocycles. The van der Waals surface area contributed by atoms with Crippen LogP contribution in [-0.4, -0.2) is 12.0 Å². The molecule has 0 saturated carbocycles. The molecule has 2 rings (SSSR count). The lowest BCUT2D eigenvalue weighted by Crippen LogP contribution is -1.96. The largest absolute Gasteiger partial charge is 0.373 e. The van der Waals surface area contributed by atoms with E-state index in [-0.39, 0.29) is 0 Å². The van der Waals surface area contributed by atoms with Crippen molar-refractivity contribution in [2.75, 3.05) is 12.4 Å². The van der Waals surface area contributed by atoms with Crippen LogP contribution in [0.4, 0.5) is 5.82 Å². The molecule has 0 radical (unpaired) electrons. The molecule has 2 aromatic rings. The van der Waals surface area contributed by atoms with Crippen LogP contribution in [-0.2, 0) is 0 Å². The highest BCUT2D eigenvalue weighted by Gasteiger charge is 2.07. The standard InChI is InChI=1S/C14H15N3/c1-9(2)10-4-5-13-12(6-10)11(8-15)7-14(16-3)17-13/h4-7,9H,1-3H3,(H,16,17). The van der Waals surface area contributed by atoms with E-state index >= 15 is 0 Å². The second-order valence-corrected chi connectivity index (χ2v) is 4.35. The van der Waals surface area contributed by atoms with Crippen molar-refractivity contribution in [1.82, 2.24) is 4.98 Å². The summed E-state index contributed by atoms with van der Waals surface area (Å²) in [6.45, 7) is 4.28. The number of anilines is 1. The van der Waals surface area contributed by atoms with Crippen molar-refractivity contribution >= 4 is 16.7 Å². The number of hydrogen-bond acceptors (Lipinski definition) is 3. The molecule has 1 N–H and O–H groups in total. The maximum Gasteiger partial charge on any atom is 0.127 e. The molecule has 1 aromatic heterocycles. The molecule has 1 heterocycles. The number of benzene rings is 1. The van der Waals surface area contributed by atoms with E-state index in [1.54, 1.807) is 13.1 Å². The first-order valence-corrected chi connectivity index (χ1v) is 5.68. The van der Waals surface area contributed by atoms with Crippen molar-refractivity contribution < 1.29 is 0 Å². The number of hydrogen-bond donors (Lipinski definition) is 1. The summed E-state index contributed by atoms with van der Waals surface area (Å²) >= 11 is 0. The Bertz CT molecular complexity index is 594. The molecule has 0 saturated heterocycles. The van der Waals surface area contributed by atoms with Gasteiger partial charge in [0, 0.05) is 12.4 Å². The summed E-state index contributed by atoms with van der Waals surface area (Å²) in [5.41, 5.74) is 2.76. The Labute approximate surface area is 101 Å². The Morgan fingerprint density at radius 2 is 2.06 bits per heavy atom. The molecule has 0 unspecified atom stereocenters. The average molecular weight is 225 g/mol. The second-order valence-electron chi connectivity index (χ2n) is 4.35. The summed E-state index contributed by atoms with van der Waals surface area (Å²) in [5.74, 6) is 1.18. The van der Waals surface area contributed by atoms with E-state index < -0.39 is 0 Å². The molecule has 0 aliphatic rings. The first-order chi connectivity index (χ1) is 8.15. The van der Waals surface area contributed by atoms with Gasteiger partial charge in [0.1, 0.15) is 5.82 Å². The zero-order valence-corrected chi connectivity index (χ0v) is 10.3. The number of fused-ring (bicyclic) bond motifs is 1. The van der Waals surface area contributed by atoms with E-state index in [9.17, 15) is 5.26 Å². The first kappa shape index (κ1) is 11.4. The third-order valence-corrected chi connectivity index (χ3v) is 2.88. The lowest BCUT2D eigenvalue weighted by molar-refractivity contribution is 0.868. The van der Waals surface area contributed by atoms with Crippen LogP contribution < -0.4 is 5.32 Å². The normalized spacial score (nSPS) is 10.5. The molecule has 3 nitrogen and oxygen atoms in total. The predicted molar refractivity (Wildman–Crippen MR) is 70.1 cm³/mol. The van der Waals surface area contributed by atoms with E-state index in [4.69, 9.17) is 0 Å². The topological polar surface area (TPSA) is 48.7 Å². The molecule has 0 atom stereocenters. The van der Waals surface area contributed by atoms with Crippen molar-refractivity contribution in [3.63, 3.8) is 0 Å². The number of nitrogens with zero attached hydrogens (tertiary/aromatic N) is 2. The van der Waals surface area contributed by atoms with E-state index in [0.717, 1.165) is 16.7 Å². The summed E-state index contributed by atoms with van der Waals surface area (Å²) in [6, 6.07) is 10.1. The smallest absolute Gasteiger partial charge is 0.127 e. The Hall–Kier alpha value is -2.08. The van der Waals surface area contributed by atoms with Gasteiger partial charge in [0.25, 0.3) is 0 Å². The van der Waals surface area contributed by atoms with Crippen molar-refractivity contribution in [3.05, 3.63) is 35.4 Å². The van der Waals surface area contributed by atoms with Gasteiger partial charge in [-0.15, -0.1) is 0 Å². The minimum Gasteiger partial charge on any atom is -0.373 e. The first-order valence-electron chi connectivity index (χ1n) is 5.68. The zero-order chi connectivity index (χ0) is 12.4. The van der Waals surface area contributed by atoms with E-state index in [1.807, 2.05) is 6.07 Å².